The van der Waals surface area contributed by atoms with Crippen molar-refractivity contribution in [3.8, 4) is 0 Å². The van der Waals surface area contributed by atoms with Gasteiger partial charge in [-0.3, -0.25) is 4.79 Å². The molecule has 6 heteroatoms. The lowest BCUT2D eigenvalue weighted by Crippen LogP contribution is -2.31. The molecule has 1 fully saturated rings. The second-order valence-corrected chi connectivity index (χ2v) is 6.60. The molecule has 2 aromatic heterocycles. The molecule has 1 atom stereocenters. The molecule has 122 valence electrons. The van der Waals surface area contributed by atoms with Crippen LogP contribution in [0.1, 0.15) is 40.8 Å². The fourth-order valence-corrected chi connectivity index (χ4v) is 3.36. The summed E-state index contributed by atoms with van der Waals surface area (Å²) in [6.07, 6.45) is 3.36. The summed E-state index contributed by atoms with van der Waals surface area (Å²) in [5.74, 6) is 0.765. The maximum Gasteiger partial charge on any atom is 0.273 e. The minimum absolute atomic E-state index is 0.0392. The van der Waals surface area contributed by atoms with E-state index in [9.17, 15) is 4.79 Å². The third-order valence-electron chi connectivity index (χ3n) is 4.43. The molecule has 0 spiro atoms. The van der Waals surface area contributed by atoms with Crippen LogP contribution in [0.4, 0.5) is 0 Å². The Morgan fingerprint density at radius 3 is 3.00 bits per heavy atom. The molecule has 0 aliphatic carbocycles. The fraction of sp³-hybridized carbons (Fsp3) is 0.278. The van der Waals surface area contributed by atoms with Gasteiger partial charge in [-0.15, -0.1) is 0 Å². The van der Waals surface area contributed by atoms with Crippen LogP contribution in [0.2, 0.25) is 5.02 Å². The number of pyridine rings is 1. The molecule has 1 aliphatic heterocycles. The highest BCUT2D eigenvalue weighted by atomic mass is 35.5. The summed E-state index contributed by atoms with van der Waals surface area (Å²) in [6, 6.07) is 9.45. The smallest absolute Gasteiger partial charge is 0.273 e. The van der Waals surface area contributed by atoms with Gasteiger partial charge in [0.25, 0.3) is 5.91 Å². The normalized spacial score (nSPS) is 17.6. The van der Waals surface area contributed by atoms with E-state index < -0.39 is 0 Å². The summed E-state index contributed by atoms with van der Waals surface area (Å²) in [4.78, 5) is 26.9. The second-order valence-electron chi connectivity index (χ2n) is 6.16. The summed E-state index contributed by atoms with van der Waals surface area (Å²) in [6.45, 7) is 2.77. The van der Waals surface area contributed by atoms with Gasteiger partial charge >= 0.3 is 0 Å². The van der Waals surface area contributed by atoms with Crippen LogP contribution in [0.5, 0.6) is 0 Å². The Kier molecular flexibility index (Phi) is 3.73. The van der Waals surface area contributed by atoms with Crippen LogP contribution in [-0.2, 0) is 0 Å². The number of benzene rings is 1. The van der Waals surface area contributed by atoms with E-state index in [-0.39, 0.29) is 11.9 Å². The quantitative estimate of drug-likeness (QED) is 0.769. The minimum atomic E-state index is -0.0780. The summed E-state index contributed by atoms with van der Waals surface area (Å²) < 4.78 is 0. The lowest BCUT2D eigenvalue weighted by molar-refractivity contribution is 0.0724. The first kappa shape index (κ1) is 15.1. The number of hydrogen-bond donors (Lipinski definition) is 1. The lowest BCUT2D eigenvalue weighted by atomic mass is 10.2. The number of carbonyl (C=O) groups is 1. The summed E-state index contributed by atoms with van der Waals surface area (Å²) in [7, 11) is 0. The highest BCUT2D eigenvalue weighted by Gasteiger charge is 2.33. The molecule has 1 aliphatic rings. The van der Waals surface area contributed by atoms with Crippen molar-refractivity contribution in [1.82, 2.24) is 19.9 Å². The molecule has 3 heterocycles. The van der Waals surface area contributed by atoms with Crippen molar-refractivity contribution < 1.29 is 4.79 Å². The summed E-state index contributed by atoms with van der Waals surface area (Å²) in [5, 5.41) is 0.525. The summed E-state index contributed by atoms with van der Waals surface area (Å²) in [5.41, 5.74) is 3.54. The zero-order valence-electron chi connectivity index (χ0n) is 13.3. The first-order valence-corrected chi connectivity index (χ1v) is 8.38. The number of aromatic amines is 1. The topological polar surface area (TPSA) is 61.9 Å². The Morgan fingerprint density at radius 2 is 2.21 bits per heavy atom. The average Bonchev–Trinajstić information content (AvgIpc) is 3.20. The van der Waals surface area contributed by atoms with Crippen LogP contribution in [0, 0.1) is 6.92 Å². The molecule has 1 amide bonds. The van der Waals surface area contributed by atoms with Gasteiger partial charge in [-0.25, -0.2) is 9.97 Å². The number of hydrogen-bond acceptors (Lipinski definition) is 3. The number of carbonyl (C=O) groups excluding carboxylic acids is 1. The zero-order valence-corrected chi connectivity index (χ0v) is 14.0. The third kappa shape index (κ3) is 2.65. The van der Waals surface area contributed by atoms with E-state index in [2.05, 4.69) is 27.9 Å². The van der Waals surface area contributed by atoms with E-state index in [0.29, 0.717) is 17.3 Å². The number of aryl methyl sites for hydroxylation is 1. The predicted molar refractivity (Wildman–Crippen MR) is 93.1 cm³/mol. The maximum absolute atomic E-state index is 12.8. The van der Waals surface area contributed by atoms with Gasteiger partial charge in [-0.2, -0.15) is 0 Å². The van der Waals surface area contributed by atoms with Gasteiger partial charge in [0.15, 0.2) is 0 Å². The molecule has 5 nitrogen and oxygen atoms in total. The molecule has 0 radical (unpaired) electrons. The van der Waals surface area contributed by atoms with E-state index in [1.807, 2.05) is 17.0 Å². The maximum atomic E-state index is 12.8. The Labute approximate surface area is 144 Å². The van der Waals surface area contributed by atoms with Gasteiger partial charge in [0.1, 0.15) is 11.5 Å². The van der Waals surface area contributed by atoms with Gasteiger partial charge in [-0.05, 0) is 49.6 Å². The van der Waals surface area contributed by atoms with Crippen molar-refractivity contribution in [2.45, 2.75) is 25.8 Å². The molecule has 0 bridgehead atoms. The number of likely N-dealkylation sites (tertiary alicyclic amines) is 1. The van der Waals surface area contributed by atoms with Crippen molar-refractivity contribution in [2.75, 3.05) is 6.54 Å². The standard InChI is InChI=1S/C18H17ClN4O/c1-11-4-6-13-15(9-11)22-17(21-13)16-3-2-8-23(16)18(24)14-7-5-12(19)10-20-14/h4-7,9-10,16H,2-3,8H2,1H3,(H,21,22). The first-order chi connectivity index (χ1) is 11.6. The van der Waals surface area contributed by atoms with Crippen molar-refractivity contribution >= 4 is 28.5 Å². The monoisotopic (exact) mass is 340 g/mol. The van der Waals surface area contributed by atoms with Crippen molar-refractivity contribution in [2.24, 2.45) is 0 Å². The second kappa shape index (κ2) is 5.91. The number of halogens is 1. The van der Waals surface area contributed by atoms with Crippen LogP contribution in [0.15, 0.2) is 36.5 Å². The molecule has 1 N–H and O–H groups in total. The van der Waals surface area contributed by atoms with Crippen LogP contribution >= 0.6 is 11.6 Å². The van der Waals surface area contributed by atoms with Crippen molar-refractivity contribution in [3.63, 3.8) is 0 Å². The molecule has 1 aromatic carbocycles. The molecule has 1 unspecified atom stereocenters. The number of nitrogens with zero attached hydrogens (tertiary/aromatic N) is 3. The minimum Gasteiger partial charge on any atom is -0.340 e. The number of amides is 1. The number of aromatic nitrogens is 3. The highest BCUT2D eigenvalue weighted by Crippen LogP contribution is 2.32. The summed E-state index contributed by atoms with van der Waals surface area (Å²) >= 11 is 5.86. The SMILES string of the molecule is Cc1ccc2nc(C3CCCN3C(=O)c3ccc(Cl)cn3)[nH]c2c1. The zero-order chi connectivity index (χ0) is 16.7. The van der Waals surface area contributed by atoms with Crippen LogP contribution < -0.4 is 0 Å². The Bertz CT molecular complexity index is 903. The average molecular weight is 341 g/mol. The van der Waals surface area contributed by atoms with Crippen LogP contribution in [0.25, 0.3) is 11.0 Å². The van der Waals surface area contributed by atoms with E-state index in [1.54, 1.807) is 12.1 Å². The lowest BCUT2D eigenvalue weighted by Gasteiger charge is -2.22. The molecule has 3 aromatic rings. The van der Waals surface area contributed by atoms with Crippen LogP contribution in [0.3, 0.4) is 0 Å². The molecular formula is C18H17ClN4O. The van der Waals surface area contributed by atoms with Gasteiger partial charge in [0.2, 0.25) is 0 Å². The van der Waals surface area contributed by atoms with Crippen LogP contribution in [-0.4, -0.2) is 32.3 Å². The molecule has 4 rings (SSSR count). The molecule has 24 heavy (non-hydrogen) atoms. The number of rotatable bonds is 2. The Hall–Kier alpha value is -2.40. The number of imidazole rings is 1. The number of nitrogens with one attached hydrogen (secondary N) is 1. The van der Waals surface area contributed by atoms with E-state index in [0.717, 1.165) is 29.7 Å². The van der Waals surface area contributed by atoms with Gasteiger partial charge in [0.05, 0.1) is 22.1 Å². The van der Waals surface area contributed by atoms with Crippen molar-refractivity contribution in [3.05, 3.63) is 58.6 Å². The fourth-order valence-electron chi connectivity index (χ4n) is 3.24. The van der Waals surface area contributed by atoms with Gasteiger partial charge in [0, 0.05) is 12.7 Å². The largest absolute Gasteiger partial charge is 0.340 e. The first-order valence-electron chi connectivity index (χ1n) is 8.00. The predicted octanol–water partition coefficient (Wildman–Crippen LogP) is 3.90. The highest BCUT2D eigenvalue weighted by molar-refractivity contribution is 6.30. The van der Waals surface area contributed by atoms with E-state index in [1.165, 1.54) is 11.8 Å². The molecule has 0 saturated carbocycles. The molecule has 1 saturated heterocycles. The van der Waals surface area contributed by atoms with E-state index >= 15 is 0 Å². The van der Waals surface area contributed by atoms with Crippen molar-refractivity contribution in [1.29, 1.82) is 0 Å². The third-order valence-corrected chi connectivity index (χ3v) is 4.66. The Morgan fingerprint density at radius 1 is 1.33 bits per heavy atom. The number of H-pyrrole nitrogens is 1. The van der Waals surface area contributed by atoms with E-state index in [4.69, 9.17) is 11.6 Å². The van der Waals surface area contributed by atoms with Gasteiger partial charge in [-0.1, -0.05) is 17.7 Å². The Balaban J connectivity index is 1.66. The molecular weight excluding hydrogens is 324 g/mol. The number of fused-ring (bicyclic) bond motifs is 1. The van der Waals surface area contributed by atoms with Gasteiger partial charge < -0.3 is 9.88 Å².